The number of benzene rings is 1. The minimum absolute atomic E-state index is 0.0202. The molecule has 0 saturated carbocycles. The number of rotatable bonds is 5. The minimum atomic E-state index is -0.138. The summed E-state index contributed by atoms with van der Waals surface area (Å²) < 4.78 is 0. The summed E-state index contributed by atoms with van der Waals surface area (Å²) in [4.78, 5) is 30.3. The summed E-state index contributed by atoms with van der Waals surface area (Å²) in [6.07, 6.45) is 5.50. The summed E-state index contributed by atoms with van der Waals surface area (Å²) in [7, 11) is 0. The molecule has 0 spiro atoms. The molecular weight excluding hydrogens is 328 g/mol. The maximum absolute atomic E-state index is 12.3. The van der Waals surface area contributed by atoms with Crippen LogP contribution in [-0.4, -0.2) is 41.5 Å². The van der Waals surface area contributed by atoms with Gasteiger partial charge in [-0.3, -0.25) is 9.78 Å². The largest absolute Gasteiger partial charge is 0.356 e. The Bertz CT molecular complexity index is 713. The molecule has 1 saturated heterocycles. The van der Waals surface area contributed by atoms with Crippen molar-refractivity contribution < 1.29 is 9.59 Å². The summed E-state index contributed by atoms with van der Waals surface area (Å²) in [6.45, 7) is 1.82. The summed E-state index contributed by atoms with van der Waals surface area (Å²) in [5.74, 6) is 0.0708. The first-order valence-electron chi connectivity index (χ1n) is 9.00. The van der Waals surface area contributed by atoms with Crippen molar-refractivity contribution in [1.29, 1.82) is 0 Å². The molecule has 0 unspecified atom stereocenters. The summed E-state index contributed by atoms with van der Waals surface area (Å²) in [6, 6.07) is 13.6. The third-order valence-electron chi connectivity index (χ3n) is 4.62. The molecule has 1 aliphatic heterocycles. The van der Waals surface area contributed by atoms with Gasteiger partial charge in [-0.2, -0.15) is 0 Å². The average Bonchev–Trinajstić information content (AvgIpc) is 2.69. The van der Waals surface area contributed by atoms with Crippen LogP contribution in [0.25, 0.3) is 0 Å². The fourth-order valence-electron chi connectivity index (χ4n) is 3.10. The maximum Gasteiger partial charge on any atom is 0.321 e. The van der Waals surface area contributed by atoms with Gasteiger partial charge in [0.25, 0.3) is 0 Å². The molecule has 136 valence electrons. The van der Waals surface area contributed by atoms with Crippen LogP contribution >= 0.6 is 0 Å². The quantitative estimate of drug-likeness (QED) is 0.869. The Hall–Kier alpha value is -2.89. The Morgan fingerprint density at radius 3 is 2.54 bits per heavy atom. The van der Waals surface area contributed by atoms with Gasteiger partial charge < -0.3 is 15.5 Å². The highest BCUT2D eigenvalue weighted by molar-refractivity contribution is 5.89. The van der Waals surface area contributed by atoms with E-state index < -0.39 is 0 Å². The van der Waals surface area contributed by atoms with Gasteiger partial charge >= 0.3 is 6.03 Å². The smallest absolute Gasteiger partial charge is 0.321 e. The Morgan fingerprint density at radius 2 is 1.85 bits per heavy atom. The van der Waals surface area contributed by atoms with Crippen LogP contribution in [0.5, 0.6) is 0 Å². The number of nitrogens with one attached hydrogen (secondary N) is 2. The first-order valence-corrected chi connectivity index (χ1v) is 9.00. The van der Waals surface area contributed by atoms with Crippen LogP contribution in [0, 0.1) is 5.92 Å². The summed E-state index contributed by atoms with van der Waals surface area (Å²) in [5, 5.41) is 5.85. The number of piperidine rings is 1. The number of nitrogens with zero attached hydrogens (tertiary/aromatic N) is 2. The third-order valence-corrected chi connectivity index (χ3v) is 4.62. The molecule has 6 heteroatoms. The van der Waals surface area contributed by atoms with E-state index in [0.29, 0.717) is 38.2 Å². The lowest BCUT2D eigenvalue weighted by Crippen LogP contribution is -2.44. The number of hydrogen-bond acceptors (Lipinski definition) is 3. The predicted octanol–water partition coefficient (Wildman–Crippen LogP) is 2.68. The average molecular weight is 352 g/mol. The number of urea groups is 1. The zero-order chi connectivity index (χ0) is 18.2. The molecule has 0 bridgehead atoms. The first-order chi connectivity index (χ1) is 12.7. The fraction of sp³-hybridized carbons (Fsp3) is 0.350. The van der Waals surface area contributed by atoms with E-state index in [-0.39, 0.29) is 17.9 Å². The second-order valence-corrected chi connectivity index (χ2v) is 6.46. The Balaban J connectivity index is 1.38. The lowest BCUT2D eigenvalue weighted by Gasteiger charge is -2.31. The lowest BCUT2D eigenvalue weighted by molar-refractivity contribution is -0.126. The Labute approximate surface area is 153 Å². The van der Waals surface area contributed by atoms with Crippen molar-refractivity contribution >= 4 is 17.6 Å². The summed E-state index contributed by atoms with van der Waals surface area (Å²) >= 11 is 0. The van der Waals surface area contributed by atoms with E-state index in [4.69, 9.17) is 0 Å². The van der Waals surface area contributed by atoms with E-state index in [9.17, 15) is 9.59 Å². The highest BCUT2D eigenvalue weighted by Gasteiger charge is 2.27. The Kier molecular flexibility index (Phi) is 6.19. The van der Waals surface area contributed by atoms with E-state index in [2.05, 4.69) is 27.8 Å². The standard InChI is InChI=1S/C20H24N4O2/c25-19(22-12-8-16-5-2-1-3-6-16)17-9-13-24(14-10-17)20(26)23-18-7-4-11-21-15-18/h1-7,11,15,17H,8-10,12-14H2,(H,22,25)(H,23,26). The molecule has 1 fully saturated rings. The summed E-state index contributed by atoms with van der Waals surface area (Å²) in [5.41, 5.74) is 1.90. The van der Waals surface area contributed by atoms with Crippen molar-refractivity contribution in [3.05, 3.63) is 60.4 Å². The molecule has 6 nitrogen and oxygen atoms in total. The second kappa shape index (κ2) is 8.99. The molecule has 0 aliphatic carbocycles. The van der Waals surface area contributed by atoms with E-state index >= 15 is 0 Å². The topological polar surface area (TPSA) is 74.3 Å². The van der Waals surface area contributed by atoms with Gasteiger partial charge in [-0.1, -0.05) is 30.3 Å². The van der Waals surface area contributed by atoms with Crippen molar-refractivity contribution in [1.82, 2.24) is 15.2 Å². The Morgan fingerprint density at radius 1 is 1.08 bits per heavy atom. The van der Waals surface area contributed by atoms with Crippen LogP contribution in [-0.2, 0) is 11.2 Å². The third kappa shape index (κ3) is 5.05. The molecule has 1 aromatic heterocycles. The van der Waals surface area contributed by atoms with Crippen molar-refractivity contribution in [2.75, 3.05) is 25.0 Å². The van der Waals surface area contributed by atoms with Crippen LogP contribution in [0.3, 0.4) is 0 Å². The van der Waals surface area contributed by atoms with Crippen molar-refractivity contribution in [3.63, 3.8) is 0 Å². The highest BCUT2D eigenvalue weighted by Crippen LogP contribution is 2.18. The van der Waals surface area contributed by atoms with E-state index in [1.54, 1.807) is 29.4 Å². The SMILES string of the molecule is O=C(NCCc1ccccc1)C1CCN(C(=O)Nc2cccnc2)CC1. The fourth-order valence-corrected chi connectivity index (χ4v) is 3.10. The van der Waals surface area contributed by atoms with Crippen LogP contribution < -0.4 is 10.6 Å². The molecule has 2 aromatic rings. The molecule has 2 N–H and O–H groups in total. The second-order valence-electron chi connectivity index (χ2n) is 6.46. The lowest BCUT2D eigenvalue weighted by atomic mass is 9.96. The minimum Gasteiger partial charge on any atom is -0.356 e. The number of anilines is 1. The molecule has 26 heavy (non-hydrogen) atoms. The molecule has 0 radical (unpaired) electrons. The number of carbonyl (C=O) groups excluding carboxylic acids is 2. The van der Waals surface area contributed by atoms with Crippen molar-refractivity contribution in [2.24, 2.45) is 5.92 Å². The first kappa shape index (κ1) is 17.9. The van der Waals surface area contributed by atoms with Crippen LogP contribution in [0.1, 0.15) is 18.4 Å². The normalized spacial score (nSPS) is 14.7. The van der Waals surface area contributed by atoms with Gasteiger partial charge in [0.15, 0.2) is 0 Å². The van der Waals surface area contributed by atoms with Gasteiger partial charge in [-0.15, -0.1) is 0 Å². The van der Waals surface area contributed by atoms with Crippen molar-refractivity contribution in [3.8, 4) is 0 Å². The zero-order valence-electron chi connectivity index (χ0n) is 14.7. The number of carbonyl (C=O) groups is 2. The van der Waals surface area contributed by atoms with Crippen LogP contribution in [0.2, 0.25) is 0 Å². The highest BCUT2D eigenvalue weighted by atomic mass is 16.2. The molecule has 0 atom stereocenters. The molecule has 3 amide bonds. The van der Waals surface area contributed by atoms with E-state index in [1.807, 2.05) is 18.2 Å². The van der Waals surface area contributed by atoms with Gasteiger partial charge in [0.2, 0.25) is 5.91 Å². The van der Waals surface area contributed by atoms with Crippen LogP contribution in [0.15, 0.2) is 54.9 Å². The number of hydrogen-bond donors (Lipinski definition) is 2. The molecule has 1 aliphatic rings. The number of likely N-dealkylation sites (tertiary alicyclic amines) is 1. The van der Waals surface area contributed by atoms with Gasteiger partial charge in [0, 0.05) is 31.7 Å². The number of amides is 3. The number of aromatic nitrogens is 1. The molecule has 1 aromatic carbocycles. The molecule has 2 heterocycles. The molecular formula is C20H24N4O2. The zero-order valence-corrected chi connectivity index (χ0v) is 14.7. The maximum atomic E-state index is 12.3. The van der Waals surface area contributed by atoms with Gasteiger partial charge in [0.1, 0.15) is 0 Å². The van der Waals surface area contributed by atoms with Crippen molar-refractivity contribution in [2.45, 2.75) is 19.3 Å². The predicted molar refractivity (Wildman–Crippen MR) is 101 cm³/mol. The molecule has 3 rings (SSSR count). The van der Waals surface area contributed by atoms with Gasteiger partial charge in [-0.05, 0) is 37.0 Å². The van der Waals surface area contributed by atoms with Gasteiger partial charge in [0.05, 0.1) is 11.9 Å². The monoisotopic (exact) mass is 352 g/mol. The number of pyridine rings is 1. The van der Waals surface area contributed by atoms with E-state index in [0.717, 1.165) is 6.42 Å². The van der Waals surface area contributed by atoms with E-state index in [1.165, 1.54) is 5.56 Å². The van der Waals surface area contributed by atoms with Crippen LogP contribution in [0.4, 0.5) is 10.5 Å². The van der Waals surface area contributed by atoms with Gasteiger partial charge in [-0.25, -0.2) is 4.79 Å².